The van der Waals surface area contributed by atoms with E-state index in [1.807, 2.05) is 31.4 Å². The van der Waals surface area contributed by atoms with Crippen molar-refractivity contribution in [3.63, 3.8) is 0 Å². The van der Waals surface area contributed by atoms with E-state index in [1.165, 1.54) is 46.6 Å². The summed E-state index contributed by atoms with van der Waals surface area (Å²) in [7, 11) is 0. The molecule has 158 valence electrons. The molecule has 2 heterocycles. The molecule has 2 aromatic carbocycles. The van der Waals surface area contributed by atoms with Crippen LogP contribution in [-0.4, -0.2) is 31.1 Å². The molecule has 1 amide bonds. The molecular formula is C21H19FN6OS2. The van der Waals surface area contributed by atoms with Crippen molar-refractivity contribution in [3.8, 4) is 5.69 Å². The lowest BCUT2D eigenvalue weighted by molar-refractivity contribution is -0.115. The number of thioether (sulfide) groups is 1. The lowest BCUT2D eigenvalue weighted by Crippen LogP contribution is -2.23. The van der Waals surface area contributed by atoms with E-state index in [-0.39, 0.29) is 11.6 Å². The van der Waals surface area contributed by atoms with Crippen LogP contribution in [-0.2, 0) is 10.5 Å². The Morgan fingerprint density at radius 2 is 2.03 bits per heavy atom. The number of thiazole rings is 1. The first-order chi connectivity index (χ1) is 14.9. The number of amides is 1. The molecule has 0 N–H and O–H groups in total. The van der Waals surface area contributed by atoms with Crippen LogP contribution in [0.5, 0.6) is 0 Å². The molecule has 0 aliphatic rings. The molecular weight excluding hydrogens is 435 g/mol. The lowest BCUT2D eigenvalue weighted by Gasteiger charge is -2.18. The van der Waals surface area contributed by atoms with Crippen LogP contribution in [0.4, 0.5) is 15.2 Å². The number of anilines is 2. The van der Waals surface area contributed by atoms with Gasteiger partial charge in [-0.3, -0.25) is 9.69 Å². The Morgan fingerprint density at radius 3 is 2.77 bits per heavy atom. The van der Waals surface area contributed by atoms with Gasteiger partial charge in [0.05, 0.1) is 17.1 Å². The quantitative estimate of drug-likeness (QED) is 0.388. The van der Waals surface area contributed by atoms with Crippen molar-refractivity contribution in [2.24, 2.45) is 0 Å². The smallest absolute Gasteiger partial charge is 0.230 e. The van der Waals surface area contributed by atoms with Crippen molar-refractivity contribution in [1.29, 1.82) is 0 Å². The number of carbonyl (C=O) groups excluding carboxylic acids is 1. The third-order valence-corrected chi connectivity index (χ3v) is 6.34. The summed E-state index contributed by atoms with van der Waals surface area (Å²) in [6.07, 6.45) is 0. The zero-order valence-corrected chi connectivity index (χ0v) is 18.7. The van der Waals surface area contributed by atoms with E-state index >= 15 is 0 Å². The van der Waals surface area contributed by atoms with Gasteiger partial charge in [-0.25, -0.2) is 9.37 Å². The van der Waals surface area contributed by atoms with E-state index in [4.69, 9.17) is 0 Å². The number of benzene rings is 2. The van der Waals surface area contributed by atoms with Crippen LogP contribution in [0, 0.1) is 19.7 Å². The van der Waals surface area contributed by atoms with Gasteiger partial charge in [0.15, 0.2) is 5.13 Å². The monoisotopic (exact) mass is 454 g/mol. The maximum absolute atomic E-state index is 14.2. The molecule has 0 aliphatic heterocycles. The molecule has 0 saturated carbocycles. The van der Waals surface area contributed by atoms with E-state index in [2.05, 4.69) is 26.6 Å². The number of aromatic nitrogens is 5. The number of halogens is 1. The van der Waals surface area contributed by atoms with Crippen molar-refractivity contribution < 1.29 is 9.18 Å². The first-order valence-corrected chi connectivity index (χ1v) is 11.3. The molecule has 0 spiro atoms. The molecule has 4 aromatic rings. The van der Waals surface area contributed by atoms with Gasteiger partial charge >= 0.3 is 0 Å². The van der Waals surface area contributed by atoms with Gasteiger partial charge in [-0.05, 0) is 48.0 Å². The summed E-state index contributed by atoms with van der Waals surface area (Å²) in [6, 6.07) is 12.2. The zero-order valence-electron chi connectivity index (χ0n) is 17.1. The molecule has 0 radical (unpaired) electrons. The summed E-state index contributed by atoms with van der Waals surface area (Å²) in [5, 5.41) is 15.0. The Kier molecular flexibility index (Phi) is 6.10. The van der Waals surface area contributed by atoms with E-state index in [1.54, 1.807) is 22.9 Å². The molecule has 0 atom stereocenters. The highest BCUT2D eigenvalue weighted by molar-refractivity contribution is 7.98. The molecule has 0 saturated heterocycles. The second-order valence-corrected chi connectivity index (χ2v) is 8.66. The zero-order chi connectivity index (χ0) is 22.0. The second-order valence-electron chi connectivity index (χ2n) is 6.88. The SMILES string of the molecule is CC(=O)N(c1nc(CSc2nnnn2-c2ccc(C)cc2C)cs1)c1ccccc1F. The Morgan fingerprint density at radius 1 is 1.23 bits per heavy atom. The lowest BCUT2D eigenvalue weighted by atomic mass is 10.1. The minimum Gasteiger partial charge on any atom is -0.274 e. The van der Waals surface area contributed by atoms with Crippen molar-refractivity contribution in [3.05, 3.63) is 70.5 Å². The van der Waals surface area contributed by atoms with Gasteiger partial charge in [0.1, 0.15) is 5.82 Å². The van der Waals surface area contributed by atoms with Crippen molar-refractivity contribution in [2.45, 2.75) is 31.7 Å². The fourth-order valence-electron chi connectivity index (χ4n) is 3.11. The summed E-state index contributed by atoms with van der Waals surface area (Å²) in [5.41, 5.74) is 4.10. The van der Waals surface area contributed by atoms with Crippen LogP contribution in [0.15, 0.2) is 53.0 Å². The normalized spacial score (nSPS) is 11.0. The van der Waals surface area contributed by atoms with Crippen molar-refractivity contribution in [1.82, 2.24) is 25.2 Å². The fraction of sp³-hybridized carbons (Fsp3) is 0.190. The van der Waals surface area contributed by atoms with Gasteiger partial charge in [-0.1, -0.05) is 41.6 Å². The van der Waals surface area contributed by atoms with Gasteiger partial charge in [0.25, 0.3) is 0 Å². The number of tetrazole rings is 1. The standard InChI is InChI=1S/C21H19FN6OS2/c1-13-8-9-18(14(2)10-13)28-21(24-25-26-28)31-12-16-11-30-20(23-16)27(15(3)29)19-7-5-4-6-17(19)22/h4-11H,12H2,1-3H3. The maximum Gasteiger partial charge on any atom is 0.230 e. The number of nitrogens with zero attached hydrogens (tertiary/aromatic N) is 6. The molecule has 0 bridgehead atoms. The minimum absolute atomic E-state index is 0.183. The summed E-state index contributed by atoms with van der Waals surface area (Å²) >= 11 is 2.73. The average molecular weight is 455 g/mol. The highest BCUT2D eigenvalue weighted by Crippen LogP contribution is 2.32. The predicted octanol–water partition coefficient (Wildman–Crippen LogP) is 4.85. The van der Waals surface area contributed by atoms with Gasteiger partial charge in [0, 0.05) is 18.1 Å². The van der Waals surface area contributed by atoms with Crippen LogP contribution in [0.25, 0.3) is 5.69 Å². The van der Waals surface area contributed by atoms with E-state index < -0.39 is 5.82 Å². The molecule has 31 heavy (non-hydrogen) atoms. The Hall–Kier alpha value is -3.11. The summed E-state index contributed by atoms with van der Waals surface area (Å²) in [6.45, 7) is 5.45. The predicted molar refractivity (Wildman–Crippen MR) is 120 cm³/mol. The minimum atomic E-state index is -0.475. The Bertz CT molecular complexity index is 1240. The Balaban J connectivity index is 1.54. The molecule has 0 fully saturated rings. The third kappa shape index (κ3) is 4.49. The molecule has 7 nitrogen and oxygen atoms in total. The molecule has 2 aromatic heterocycles. The third-order valence-electron chi connectivity index (χ3n) is 4.51. The number of carbonyl (C=O) groups is 1. The molecule has 0 unspecified atom stereocenters. The van der Waals surface area contributed by atoms with Gasteiger partial charge in [-0.2, -0.15) is 4.68 Å². The van der Waals surface area contributed by atoms with Gasteiger partial charge in [-0.15, -0.1) is 16.4 Å². The summed E-state index contributed by atoms with van der Waals surface area (Å²) < 4.78 is 15.9. The highest BCUT2D eigenvalue weighted by Gasteiger charge is 2.21. The topological polar surface area (TPSA) is 76.8 Å². The highest BCUT2D eigenvalue weighted by atomic mass is 32.2. The van der Waals surface area contributed by atoms with E-state index in [0.717, 1.165) is 16.9 Å². The Labute approximate surface area is 186 Å². The first kappa shape index (κ1) is 21.1. The van der Waals surface area contributed by atoms with Gasteiger partial charge in [0.2, 0.25) is 11.1 Å². The molecule has 4 rings (SSSR count). The molecule has 0 aliphatic carbocycles. The van der Waals surface area contributed by atoms with Gasteiger partial charge < -0.3 is 0 Å². The second kappa shape index (κ2) is 8.94. The van der Waals surface area contributed by atoms with Crippen LogP contribution < -0.4 is 4.90 Å². The number of para-hydroxylation sites is 1. The average Bonchev–Trinajstić information content (AvgIpc) is 3.37. The van der Waals surface area contributed by atoms with Crippen LogP contribution in [0.3, 0.4) is 0 Å². The van der Waals surface area contributed by atoms with Crippen LogP contribution in [0.2, 0.25) is 0 Å². The number of rotatable bonds is 6. The van der Waals surface area contributed by atoms with E-state index in [0.29, 0.717) is 16.0 Å². The van der Waals surface area contributed by atoms with Crippen molar-refractivity contribution >= 4 is 39.8 Å². The maximum atomic E-state index is 14.2. The number of hydrogen-bond acceptors (Lipinski definition) is 7. The van der Waals surface area contributed by atoms with E-state index in [9.17, 15) is 9.18 Å². The first-order valence-electron chi connectivity index (χ1n) is 9.42. The number of aryl methyl sites for hydroxylation is 2. The fourth-order valence-corrected chi connectivity index (χ4v) is 4.87. The largest absolute Gasteiger partial charge is 0.274 e. The summed E-state index contributed by atoms with van der Waals surface area (Å²) in [4.78, 5) is 18.0. The van der Waals surface area contributed by atoms with Crippen LogP contribution >= 0.6 is 23.1 Å². The van der Waals surface area contributed by atoms with Crippen LogP contribution in [0.1, 0.15) is 23.7 Å². The number of hydrogen-bond donors (Lipinski definition) is 0. The van der Waals surface area contributed by atoms with Crippen molar-refractivity contribution in [2.75, 3.05) is 4.90 Å². The molecule has 10 heteroatoms. The summed E-state index contributed by atoms with van der Waals surface area (Å²) in [5.74, 6) is -0.279.